The number of nitrogens with zero attached hydrogens (tertiary/aromatic N) is 3. The van der Waals surface area contributed by atoms with Crippen molar-refractivity contribution in [2.24, 2.45) is 0 Å². The van der Waals surface area contributed by atoms with E-state index in [-0.39, 0.29) is 18.3 Å². The molecule has 40 heavy (non-hydrogen) atoms. The zero-order chi connectivity index (χ0) is 28.1. The average Bonchev–Trinajstić information content (AvgIpc) is 3.37. The summed E-state index contributed by atoms with van der Waals surface area (Å²) >= 11 is 1.56. The summed E-state index contributed by atoms with van der Waals surface area (Å²) < 4.78 is 27.5. The zero-order valence-electron chi connectivity index (χ0n) is 22.5. The van der Waals surface area contributed by atoms with Crippen molar-refractivity contribution in [1.29, 1.82) is 0 Å². The van der Waals surface area contributed by atoms with Crippen molar-refractivity contribution in [2.45, 2.75) is 38.1 Å². The van der Waals surface area contributed by atoms with Crippen molar-refractivity contribution in [3.05, 3.63) is 101 Å². The number of carbonyl (C=O) groups excluding carboxylic acids is 1. The average molecular weight is 560 g/mol. The van der Waals surface area contributed by atoms with Crippen molar-refractivity contribution in [3.63, 3.8) is 0 Å². The molecule has 0 saturated carbocycles. The summed E-state index contributed by atoms with van der Waals surface area (Å²) in [6.07, 6.45) is 0.985. The van der Waals surface area contributed by atoms with Crippen LogP contribution in [0.4, 0.5) is 16.0 Å². The van der Waals surface area contributed by atoms with E-state index in [1.54, 1.807) is 47.8 Å². The number of benzene rings is 3. The lowest BCUT2D eigenvalue weighted by Crippen LogP contribution is -2.31. The van der Waals surface area contributed by atoms with Crippen LogP contribution in [0.15, 0.2) is 89.2 Å². The lowest BCUT2D eigenvalue weighted by Gasteiger charge is -2.29. The third kappa shape index (κ3) is 5.81. The van der Waals surface area contributed by atoms with Gasteiger partial charge in [0.15, 0.2) is 11.5 Å². The Balaban J connectivity index is 1.51. The predicted molar refractivity (Wildman–Crippen MR) is 154 cm³/mol. The number of aromatic nitrogens is 3. The maximum absolute atomic E-state index is 14.1. The number of anilines is 2. The minimum Gasteiger partial charge on any atom is -0.493 e. The van der Waals surface area contributed by atoms with E-state index in [1.807, 2.05) is 49.4 Å². The number of para-hydroxylation sites is 1. The second kappa shape index (κ2) is 12.3. The van der Waals surface area contributed by atoms with Gasteiger partial charge in [0.1, 0.15) is 18.5 Å². The van der Waals surface area contributed by atoms with Crippen molar-refractivity contribution in [1.82, 2.24) is 14.8 Å². The summed E-state index contributed by atoms with van der Waals surface area (Å²) in [5, 5.41) is 11.7. The van der Waals surface area contributed by atoms with E-state index in [4.69, 9.17) is 14.6 Å². The zero-order valence-corrected chi connectivity index (χ0v) is 23.3. The van der Waals surface area contributed by atoms with Crippen LogP contribution in [0.25, 0.3) is 0 Å². The molecule has 8 nitrogen and oxygen atoms in total. The highest BCUT2D eigenvalue weighted by Crippen LogP contribution is 2.40. The predicted octanol–water partition coefficient (Wildman–Crippen LogP) is 6.43. The standard InChI is InChI=1S/C30H30FN5O3S/c1-4-16-40-30-34-29-32-19(2)26(28(37)33-22-11-6-5-7-12-22)27(36(29)35-30)20-14-15-24(25(17-20)38-3)39-18-21-10-8-9-13-23(21)31/h5-15,17,27H,4,16,18H2,1-3H3,(H,33,37)(H,32,34,35). The highest BCUT2D eigenvalue weighted by Gasteiger charge is 2.35. The van der Waals surface area contributed by atoms with Gasteiger partial charge in [0.05, 0.1) is 12.7 Å². The highest BCUT2D eigenvalue weighted by atomic mass is 32.2. The van der Waals surface area contributed by atoms with Gasteiger partial charge < -0.3 is 20.1 Å². The van der Waals surface area contributed by atoms with Crippen LogP contribution in [0, 0.1) is 5.82 Å². The summed E-state index contributed by atoms with van der Waals surface area (Å²) in [6.45, 7) is 4.00. The first kappa shape index (κ1) is 27.3. The minimum absolute atomic E-state index is 0.0463. The van der Waals surface area contributed by atoms with Crippen LogP contribution in [-0.4, -0.2) is 33.5 Å². The third-order valence-corrected chi connectivity index (χ3v) is 7.43. The third-order valence-electron chi connectivity index (χ3n) is 6.39. The summed E-state index contributed by atoms with van der Waals surface area (Å²) in [7, 11) is 1.54. The van der Waals surface area contributed by atoms with Crippen LogP contribution in [0.1, 0.15) is 37.4 Å². The Hall–Kier alpha value is -4.31. The molecule has 1 aromatic heterocycles. The number of carbonyl (C=O) groups is 1. The molecule has 2 heterocycles. The number of thioether (sulfide) groups is 1. The van der Waals surface area contributed by atoms with Crippen molar-refractivity contribution in [3.8, 4) is 11.5 Å². The van der Waals surface area contributed by atoms with Crippen molar-refractivity contribution < 1.29 is 18.7 Å². The molecule has 0 saturated heterocycles. The first-order valence-electron chi connectivity index (χ1n) is 13.0. The van der Waals surface area contributed by atoms with Crippen LogP contribution in [-0.2, 0) is 11.4 Å². The molecule has 2 N–H and O–H groups in total. The van der Waals surface area contributed by atoms with Gasteiger partial charge in [-0.25, -0.2) is 9.07 Å². The Kier molecular flexibility index (Phi) is 8.35. The lowest BCUT2D eigenvalue weighted by atomic mass is 9.94. The van der Waals surface area contributed by atoms with Crippen molar-refractivity contribution >= 4 is 29.3 Å². The monoisotopic (exact) mass is 559 g/mol. The fourth-order valence-electron chi connectivity index (χ4n) is 4.45. The van der Waals surface area contributed by atoms with Gasteiger partial charge in [-0.2, -0.15) is 4.98 Å². The first-order valence-corrected chi connectivity index (χ1v) is 13.9. The normalized spacial score (nSPS) is 14.3. The van der Waals surface area contributed by atoms with Gasteiger partial charge in [-0.3, -0.25) is 4.79 Å². The summed E-state index contributed by atoms with van der Waals surface area (Å²) in [5.41, 5.74) is 3.05. The fraction of sp³-hybridized carbons (Fsp3) is 0.233. The number of amides is 1. The topological polar surface area (TPSA) is 90.3 Å². The van der Waals surface area contributed by atoms with Gasteiger partial charge in [0.2, 0.25) is 11.1 Å². The number of allylic oxidation sites excluding steroid dienone is 1. The summed E-state index contributed by atoms with van der Waals surface area (Å²) in [5.74, 6) is 1.75. The number of halogens is 1. The van der Waals surface area contributed by atoms with E-state index >= 15 is 0 Å². The Bertz CT molecular complexity index is 1540. The van der Waals surface area contributed by atoms with Gasteiger partial charge in [-0.05, 0) is 49.2 Å². The molecular formula is C30H30FN5O3S. The molecule has 206 valence electrons. The molecule has 3 aromatic carbocycles. The number of ether oxygens (including phenoxy) is 2. The van der Waals surface area contributed by atoms with E-state index < -0.39 is 6.04 Å². The Morgan fingerprint density at radius 3 is 2.62 bits per heavy atom. The molecule has 0 spiro atoms. The molecule has 1 amide bonds. The van der Waals surface area contributed by atoms with E-state index in [2.05, 4.69) is 22.5 Å². The SMILES string of the molecule is CCCSc1nc2n(n1)C(c1ccc(OCc3ccccc3F)c(OC)c1)C(C(=O)Nc1ccccc1)=C(C)N2. The van der Waals surface area contributed by atoms with Crippen LogP contribution < -0.4 is 20.1 Å². The molecule has 0 bridgehead atoms. The molecule has 0 radical (unpaired) electrons. The Labute approximate surface area is 236 Å². The quantitative estimate of drug-likeness (QED) is 0.216. The number of hydrogen-bond acceptors (Lipinski definition) is 7. The van der Waals surface area contributed by atoms with Crippen molar-refractivity contribution in [2.75, 3.05) is 23.5 Å². The molecule has 1 aliphatic heterocycles. The molecule has 1 aliphatic rings. The molecule has 10 heteroatoms. The van der Waals surface area contributed by atoms with E-state index in [0.717, 1.165) is 17.7 Å². The van der Waals surface area contributed by atoms with E-state index in [9.17, 15) is 9.18 Å². The second-order valence-electron chi connectivity index (χ2n) is 9.19. The van der Waals surface area contributed by atoms with Crippen LogP contribution in [0.5, 0.6) is 11.5 Å². The first-order chi connectivity index (χ1) is 19.5. The maximum atomic E-state index is 14.1. The molecule has 1 atom stereocenters. The van der Waals surface area contributed by atoms with Gasteiger partial charge >= 0.3 is 0 Å². The molecule has 0 aliphatic carbocycles. The number of hydrogen-bond donors (Lipinski definition) is 2. The Morgan fingerprint density at radius 2 is 1.88 bits per heavy atom. The smallest absolute Gasteiger partial charge is 0.255 e. The number of nitrogens with one attached hydrogen (secondary N) is 2. The van der Waals surface area contributed by atoms with Gasteiger partial charge in [-0.15, -0.1) is 5.10 Å². The van der Waals surface area contributed by atoms with Crippen LogP contribution >= 0.6 is 11.8 Å². The number of rotatable bonds is 10. The number of methoxy groups -OCH3 is 1. The highest BCUT2D eigenvalue weighted by molar-refractivity contribution is 7.99. The molecule has 0 fully saturated rings. The van der Waals surface area contributed by atoms with Crippen LogP contribution in [0.3, 0.4) is 0 Å². The van der Waals surface area contributed by atoms with Gasteiger partial charge in [-0.1, -0.05) is 61.2 Å². The van der Waals surface area contributed by atoms with E-state index in [0.29, 0.717) is 45.1 Å². The second-order valence-corrected chi connectivity index (χ2v) is 10.2. The molecule has 1 unspecified atom stereocenters. The lowest BCUT2D eigenvalue weighted by molar-refractivity contribution is -0.113. The summed E-state index contributed by atoms with van der Waals surface area (Å²) in [4.78, 5) is 18.4. The molecule has 5 rings (SSSR count). The largest absolute Gasteiger partial charge is 0.493 e. The van der Waals surface area contributed by atoms with Gasteiger partial charge in [0.25, 0.3) is 5.91 Å². The molecule has 4 aromatic rings. The van der Waals surface area contributed by atoms with Crippen LogP contribution in [0.2, 0.25) is 0 Å². The Morgan fingerprint density at radius 1 is 1.10 bits per heavy atom. The molecular weight excluding hydrogens is 529 g/mol. The van der Waals surface area contributed by atoms with E-state index in [1.165, 1.54) is 6.07 Å². The minimum atomic E-state index is -0.585. The maximum Gasteiger partial charge on any atom is 0.255 e. The number of fused-ring (bicyclic) bond motifs is 1. The summed E-state index contributed by atoms with van der Waals surface area (Å²) in [6, 6.07) is 20.6. The van der Waals surface area contributed by atoms with Gasteiger partial charge in [0, 0.05) is 22.7 Å². The fourth-order valence-corrected chi connectivity index (χ4v) is 5.14.